The highest BCUT2D eigenvalue weighted by atomic mass is 16.5. The number of hydrogen-bond donors (Lipinski definition) is 1. The average Bonchev–Trinajstić information content (AvgIpc) is 2.62. The molecule has 3 aromatic rings. The predicted octanol–water partition coefficient (Wildman–Crippen LogP) is 4.45. The van der Waals surface area contributed by atoms with Gasteiger partial charge in [0.2, 0.25) is 5.91 Å². The molecule has 134 valence electrons. The minimum atomic E-state index is -0.132. The van der Waals surface area contributed by atoms with Crippen molar-refractivity contribution in [2.75, 3.05) is 11.9 Å². The van der Waals surface area contributed by atoms with Crippen molar-refractivity contribution in [3.63, 3.8) is 0 Å². The van der Waals surface area contributed by atoms with Gasteiger partial charge in [0.1, 0.15) is 17.1 Å². The smallest absolute Gasteiger partial charge is 0.226 e. The lowest BCUT2D eigenvalue weighted by molar-refractivity contribution is -0.118. The largest absolute Gasteiger partial charge is 0.494 e. The van der Waals surface area contributed by atoms with Crippen LogP contribution in [0.3, 0.4) is 0 Å². The summed E-state index contributed by atoms with van der Waals surface area (Å²) in [5.41, 5.74) is 1.69. The third-order valence-corrected chi connectivity index (χ3v) is 3.97. The molecule has 5 heteroatoms. The maximum absolute atomic E-state index is 12.4. The minimum Gasteiger partial charge on any atom is -0.494 e. The summed E-state index contributed by atoms with van der Waals surface area (Å²) < 4.78 is 11.3. The molecule has 0 bridgehead atoms. The number of benzene rings is 2. The summed E-state index contributed by atoms with van der Waals surface area (Å²) in [5.74, 6) is 1.01. The van der Waals surface area contributed by atoms with Gasteiger partial charge in [0, 0.05) is 29.3 Å². The van der Waals surface area contributed by atoms with E-state index in [0.717, 1.165) is 11.3 Å². The monoisotopic (exact) mass is 351 g/mol. The zero-order valence-electron chi connectivity index (χ0n) is 15.0. The Hall–Kier alpha value is -3.08. The van der Waals surface area contributed by atoms with E-state index in [1.165, 1.54) is 6.07 Å². The maximum atomic E-state index is 12.4. The Morgan fingerprint density at radius 2 is 1.85 bits per heavy atom. The zero-order valence-corrected chi connectivity index (χ0v) is 15.0. The molecule has 0 aliphatic rings. The number of carbonyl (C=O) groups excluding carboxylic acids is 1. The van der Waals surface area contributed by atoms with Crippen molar-refractivity contribution in [2.24, 2.45) is 5.92 Å². The van der Waals surface area contributed by atoms with Crippen LogP contribution in [0.25, 0.3) is 22.3 Å². The number of ether oxygens (including phenoxy) is 1. The van der Waals surface area contributed by atoms with Gasteiger partial charge >= 0.3 is 0 Å². The number of anilines is 1. The lowest BCUT2D eigenvalue weighted by Crippen LogP contribution is -2.17. The van der Waals surface area contributed by atoms with Crippen LogP contribution in [0.1, 0.15) is 20.8 Å². The summed E-state index contributed by atoms with van der Waals surface area (Å²) in [7, 11) is 0. The zero-order chi connectivity index (χ0) is 18.7. The van der Waals surface area contributed by atoms with Gasteiger partial charge in [0.05, 0.1) is 12.0 Å². The minimum absolute atomic E-state index is 0.0886. The molecule has 26 heavy (non-hydrogen) atoms. The molecule has 0 saturated heterocycles. The third kappa shape index (κ3) is 3.77. The van der Waals surface area contributed by atoms with Crippen LogP contribution >= 0.6 is 0 Å². The first kappa shape index (κ1) is 17.7. The Kier molecular flexibility index (Phi) is 5.07. The SMILES string of the molecule is CCOc1ccc(-c2cc(=O)c3ccc(NC(=O)C(C)C)cc3o2)cc1. The number of fused-ring (bicyclic) bond motifs is 1. The van der Waals surface area contributed by atoms with Gasteiger partial charge < -0.3 is 14.5 Å². The van der Waals surface area contributed by atoms with Crippen LogP contribution in [0.2, 0.25) is 0 Å². The van der Waals surface area contributed by atoms with Crippen LogP contribution in [-0.4, -0.2) is 12.5 Å². The fourth-order valence-corrected chi connectivity index (χ4v) is 2.54. The molecule has 1 amide bonds. The number of amides is 1. The highest BCUT2D eigenvalue weighted by Gasteiger charge is 2.11. The van der Waals surface area contributed by atoms with Crippen LogP contribution < -0.4 is 15.5 Å². The molecule has 5 nitrogen and oxygen atoms in total. The van der Waals surface area contributed by atoms with Crippen LogP contribution in [0, 0.1) is 5.92 Å². The van der Waals surface area contributed by atoms with Gasteiger partial charge in [-0.3, -0.25) is 9.59 Å². The molecule has 0 unspecified atom stereocenters. The topological polar surface area (TPSA) is 68.5 Å². The number of nitrogens with one attached hydrogen (secondary N) is 1. The highest BCUT2D eigenvalue weighted by Crippen LogP contribution is 2.26. The van der Waals surface area contributed by atoms with Crippen LogP contribution in [-0.2, 0) is 4.79 Å². The Balaban J connectivity index is 1.99. The average molecular weight is 351 g/mol. The number of hydrogen-bond acceptors (Lipinski definition) is 4. The van der Waals surface area contributed by atoms with E-state index in [1.54, 1.807) is 18.2 Å². The lowest BCUT2D eigenvalue weighted by Gasteiger charge is -2.09. The molecular formula is C21H21NO4. The Bertz CT molecular complexity index is 987. The maximum Gasteiger partial charge on any atom is 0.226 e. The molecule has 3 rings (SSSR count). The lowest BCUT2D eigenvalue weighted by atomic mass is 10.1. The van der Waals surface area contributed by atoms with Gasteiger partial charge in [-0.25, -0.2) is 0 Å². The van der Waals surface area contributed by atoms with Gasteiger partial charge in [0.15, 0.2) is 5.43 Å². The molecule has 0 radical (unpaired) electrons. The van der Waals surface area contributed by atoms with Gasteiger partial charge in [-0.15, -0.1) is 0 Å². The fraction of sp³-hybridized carbons (Fsp3) is 0.238. The van der Waals surface area contributed by atoms with Crippen molar-refractivity contribution in [3.05, 3.63) is 58.8 Å². The Labute approximate surface area is 151 Å². The molecule has 0 saturated carbocycles. The third-order valence-electron chi connectivity index (χ3n) is 3.97. The van der Waals surface area contributed by atoms with E-state index in [1.807, 2.05) is 45.0 Å². The van der Waals surface area contributed by atoms with Gasteiger partial charge in [-0.2, -0.15) is 0 Å². The normalized spacial score (nSPS) is 10.9. The Morgan fingerprint density at radius 3 is 2.50 bits per heavy atom. The summed E-state index contributed by atoms with van der Waals surface area (Å²) >= 11 is 0. The van der Waals surface area contributed by atoms with E-state index in [4.69, 9.17) is 9.15 Å². The van der Waals surface area contributed by atoms with Crippen molar-refractivity contribution in [3.8, 4) is 17.1 Å². The van der Waals surface area contributed by atoms with E-state index in [0.29, 0.717) is 29.0 Å². The number of carbonyl (C=O) groups is 1. The van der Waals surface area contributed by atoms with E-state index in [-0.39, 0.29) is 17.3 Å². The van der Waals surface area contributed by atoms with Crippen molar-refractivity contribution >= 4 is 22.6 Å². The second kappa shape index (κ2) is 7.44. The van der Waals surface area contributed by atoms with E-state index in [9.17, 15) is 9.59 Å². The molecule has 1 aromatic heterocycles. The molecule has 0 atom stereocenters. The van der Waals surface area contributed by atoms with Crippen molar-refractivity contribution < 1.29 is 13.9 Å². The molecule has 1 heterocycles. The molecule has 0 aliphatic carbocycles. The first-order chi connectivity index (χ1) is 12.5. The first-order valence-electron chi connectivity index (χ1n) is 8.60. The molecule has 1 N–H and O–H groups in total. The van der Waals surface area contributed by atoms with Crippen LogP contribution in [0.15, 0.2) is 57.7 Å². The Morgan fingerprint density at radius 1 is 1.12 bits per heavy atom. The second-order valence-electron chi connectivity index (χ2n) is 6.29. The van der Waals surface area contributed by atoms with E-state index in [2.05, 4.69) is 5.32 Å². The van der Waals surface area contributed by atoms with Gasteiger partial charge in [-0.05, 0) is 43.3 Å². The van der Waals surface area contributed by atoms with Crippen molar-refractivity contribution in [2.45, 2.75) is 20.8 Å². The molecule has 2 aromatic carbocycles. The molecule has 0 fully saturated rings. The van der Waals surface area contributed by atoms with Crippen LogP contribution in [0.5, 0.6) is 5.75 Å². The quantitative estimate of drug-likeness (QED) is 0.737. The van der Waals surface area contributed by atoms with Crippen molar-refractivity contribution in [1.82, 2.24) is 0 Å². The summed E-state index contributed by atoms with van der Waals surface area (Å²) in [4.78, 5) is 24.3. The molecule has 0 spiro atoms. The first-order valence-corrected chi connectivity index (χ1v) is 8.60. The predicted molar refractivity (Wildman–Crippen MR) is 103 cm³/mol. The number of rotatable bonds is 5. The fourth-order valence-electron chi connectivity index (χ4n) is 2.54. The van der Waals surface area contributed by atoms with Crippen LogP contribution in [0.4, 0.5) is 5.69 Å². The highest BCUT2D eigenvalue weighted by molar-refractivity contribution is 5.94. The van der Waals surface area contributed by atoms with E-state index >= 15 is 0 Å². The summed E-state index contributed by atoms with van der Waals surface area (Å²) in [6.45, 7) is 6.16. The van der Waals surface area contributed by atoms with Crippen molar-refractivity contribution in [1.29, 1.82) is 0 Å². The standard InChI is InChI=1S/C21H21NO4/c1-4-25-16-8-5-14(6-9-16)19-12-18(23)17-10-7-15(11-20(17)26-19)22-21(24)13(2)3/h5-13H,4H2,1-3H3,(H,22,24). The summed E-state index contributed by atoms with van der Waals surface area (Å²) in [6.07, 6.45) is 0. The van der Waals surface area contributed by atoms with E-state index < -0.39 is 0 Å². The van der Waals surface area contributed by atoms with Gasteiger partial charge in [0.25, 0.3) is 0 Å². The summed E-state index contributed by atoms with van der Waals surface area (Å²) in [5, 5.41) is 3.29. The molecular weight excluding hydrogens is 330 g/mol. The second-order valence-corrected chi connectivity index (χ2v) is 6.29. The van der Waals surface area contributed by atoms with Gasteiger partial charge in [-0.1, -0.05) is 13.8 Å². The summed E-state index contributed by atoms with van der Waals surface area (Å²) in [6, 6.07) is 13.9. The molecule has 0 aliphatic heterocycles.